The van der Waals surface area contributed by atoms with E-state index in [4.69, 9.17) is 5.11 Å². The minimum atomic E-state index is -1.36. The first-order valence-corrected chi connectivity index (χ1v) is 7.35. The molecular formula is C11H10BrN3O3S. The summed E-state index contributed by atoms with van der Waals surface area (Å²) in [6.07, 6.45) is 1.68. The fourth-order valence-electron chi connectivity index (χ4n) is 1.49. The van der Waals surface area contributed by atoms with E-state index in [1.54, 1.807) is 25.4 Å². The van der Waals surface area contributed by atoms with Gasteiger partial charge in [-0.2, -0.15) is 0 Å². The van der Waals surface area contributed by atoms with Gasteiger partial charge in [0.1, 0.15) is 0 Å². The van der Waals surface area contributed by atoms with Crippen LogP contribution in [0.4, 0.5) is 0 Å². The molecule has 100 valence electrons. The molecule has 1 aromatic heterocycles. The first-order valence-electron chi connectivity index (χ1n) is 5.24. The molecule has 0 saturated heterocycles. The summed E-state index contributed by atoms with van der Waals surface area (Å²) in [6.45, 7) is 0. The normalized spacial score (nSPS) is 12.3. The molecule has 1 heterocycles. The molecule has 0 spiro atoms. The van der Waals surface area contributed by atoms with E-state index in [0.717, 1.165) is 0 Å². The predicted molar refractivity (Wildman–Crippen MR) is 72.2 cm³/mol. The summed E-state index contributed by atoms with van der Waals surface area (Å²) in [4.78, 5) is 11.5. The Kier molecular flexibility index (Phi) is 4.11. The molecule has 0 amide bonds. The van der Waals surface area contributed by atoms with Crippen molar-refractivity contribution in [3.63, 3.8) is 0 Å². The molecule has 0 aliphatic rings. The van der Waals surface area contributed by atoms with Gasteiger partial charge in [0.2, 0.25) is 0 Å². The quantitative estimate of drug-likeness (QED) is 0.910. The molecule has 8 heteroatoms. The number of nitrogens with zero attached hydrogens (tertiary/aromatic N) is 3. The van der Waals surface area contributed by atoms with Gasteiger partial charge in [-0.1, -0.05) is 5.21 Å². The predicted octanol–water partition coefficient (Wildman–Crippen LogP) is 1.58. The Morgan fingerprint density at radius 2 is 2.26 bits per heavy atom. The van der Waals surface area contributed by atoms with Crippen LogP contribution in [-0.2, 0) is 23.6 Å². The number of hydrogen-bond donors (Lipinski definition) is 1. The van der Waals surface area contributed by atoms with E-state index in [2.05, 4.69) is 26.2 Å². The van der Waals surface area contributed by atoms with E-state index >= 15 is 0 Å². The molecule has 6 nitrogen and oxygen atoms in total. The molecular weight excluding hydrogens is 334 g/mol. The molecule has 19 heavy (non-hydrogen) atoms. The van der Waals surface area contributed by atoms with Gasteiger partial charge >= 0.3 is 5.97 Å². The molecule has 1 atom stereocenters. The van der Waals surface area contributed by atoms with Crippen molar-refractivity contribution in [3.05, 3.63) is 40.1 Å². The van der Waals surface area contributed by atoms with Gasteiger partial charge in [-0.25, -0.2) is 4.79 Å². The van der Waals surface area contributed by atoms with Gasteiger partial charge in [-0.3, -0.25) is 8.89 Å². The van der Waals surface area contributed by atoms with Crippen molar-refractivity contribution in [2.24, 2.45) is 7.05 Å². The number of benzene rings is 1. The van der Waals surface area contributed by atoms with Crippen LogP contribution in [0.3, 0.4) is 0 Å². The summed E-state index contributed by atoms with van der Waals surface area (Å²) in [6, 6.07) is 4.61. The zero-order chi connectivity index (χ0) is 14.0. The third-order valence-corrected chi connectivity index (χ3v) is 4.39. The fourth-order valence-corrected chi connectivity index (χ4v) is 2.94. The van der Waals surface area contributed by atoms with Crippen LogP contribution in [0.2, 0.25) is 0 Å². The zero-order valence-corrected chi connectivity index (χ0v) is 12.3. The van der Waals surface area contributed by atoms with Crippen LogP contribution in [0.1, 0.15) is 16.1 Å². The van der Waals surface area contributed by atoms with Crippen LogP contribution in [0.25, 0.3) is 0 Å². The molecule has 0 aliphatic heterocycles. The lowest BCUT2D eigenvalue weighted by Crippen LogP contribution is -2.02. The van der Waals surface area contributed by atoms with Crippen molar-refractivity contribution >= 4 is 32.7 Å². The monoisotopic (exact) mass is 343 g/mol. The SMILES string of the molecule is Cn1cc(CS(=O)c2ccc(Br)c(C(=O)O)c2)nn1. The topological polar surface area (TPSA) is 85.1 Å². The molecule has 1 aromatic carbocycles. The number of aromatic nitrogens is 3. The average Bonchev–Trinajstić information content (AvgIpc) is 2.74. The van der Waals surface area contributed by atoms with Gasteiger partial charge < -0.3 is 5.11 Å². The molecule has 1 unspecified atom stereocenters. The molecule has 0 aliphatic carbocycles. The van der Waals surface area contributed by atoms with Gasteiger partial charge in [0.15, 0.2) is 0 Å². The number of rotatable bonds is 4. The lowest BCUT2D eigenvalue weighted by Gasteiger charge is -2.03. The van der Waals surface area contributed by atoms with Gasteiger partial charge in [-0.15, -0.1) is 5.10 Å². The molecule has 1 N–H and O–H groups in total. The number of carboxylic acids is 1. The number of hydrogen-bond acceptors (Lipinski definition) is 4. The Hall–Kier alpha value is -1.54. The highest BCUT2D eigenvalue weighted by molar-refractivity contribution is 9.10. The van der Waals surface area contributed by atoms with Crippen LogP contribution in [0.5, 0.6) is 0 Å². The fraction of sp³-hybridized carbons (Fsp3) is 0.182. The van der Waals surface area contributed by atoms with Crippen molar-refractivity contribution < 1.29 is 14.1 Å². The molecule has 0 radical (unpaired) electrons. The second-order valence-electron chi connectivity index (χ2n) is 3.82. The van der Waals surface area contributed by atoms with Gasteiger partial charge in [-0.05, 0) is 34.1 Å². The van der Waals surface area contributed by atoms with E-state index in [-0.39, 0.29) is 11.3 Å². The Labute approximate surface area is 120 Å². The van der Waals surface area contributed by atoms with Gasteiger partial charge in [0.05, 0.1) is 27.8 Å². The maximum absolute atomic E-state index is 12.1. The van der Waals surface area contributed by atoms with Crippen molar-refractivity contribution in [3.8, 4) is 0 Å². The van der Waals surface area contributed by atoms with Crippen molar-refractivity contribution in [1.29, 1.82) is 0 Å². The summed E-state index contributed by atoms with van der Waals surface area (Å²) >= 11 is 3.14. The minimum absolute atomic E-state index is 0.0880. The molecule has 0 bridgehead atoms. The lowest BCUT2D eigenvalue weighted by molar-refractivity contribution is 0.0695. The Balaban J connectivity index is 2.24. The first-order chi connectivity index (χ1) is 8.97. The van der Waals surface area contributed by atoms with E-state index < -0.39 is 16.8 Å². The van der Waals surface area contributed by atoms with Crippen LogP contribution < -0.4 is 0 Å². The van der Waals surface area contributed by atoms with E-state index in [1.165, 1.54) is 10.7 Å². The number of aryl methyl sites for hydroxylation is 1. The second kappa shape index (κ2) is 5.62. The first kappa shape index (κ1) is 13.9. The highest BCUT2D eigenvalue weighted by Gasteiger charge is 2.13. The van der Waals surface area contributed by atoms with Crippen molar-refractivity contribution in [2.45, 2.75) is 10.6 Å². The third-order valence-electron chi connectivity index (χ3n) is 2.36. The van der Waals surface area contributed by atoms with E-state index in [9.17, 15) is 9.00 Å². The number of aromatic carboxylic acids is 1. The molecule has 2 aromatic rings. The van der Waals surface area contributed by atoms with Crippen molar-refractivity contribution in [1.82, 2.24) is 15.0 Å². The maximum Gasteiger partial charge on any atom is 0.336 e. The Morgan fingerprint density at radius 3 is 2.84 bits per heavy atom. The summed E-state index contributed by atoms with van der Waals surface area (Å²) in [5.41, 5.74) is 0.686. The smallest absolute Gasteiger partial charge is 0.336 e. The van der Waals surface area contributed by atoms with Crippen LogP contribution in [-0.4, -0.2) is 30.3 Å². The molecule has 0 saturated carbocycles. The van der Waals surface area contributed by atoms with Crippen LogP contribution in [0.15, 0.2) is 33.8 Å². The lowest BCUT2D eigenvalue weighted by atomic mass is 10.2. The number of carboxylic acid groups (broad SMARTS) is 1. The van der Waals surface area contributed by atoms with Gasteiger partial charge in [0, 0.05) is 22.6 Å². The Morgan fingerprint density at radius 1 is 1.53 bits per heavy atom. The molecule has 2 rings (SSSR count). The highest BCUT2D eigenvalue weighted by Crippen LogP contribution is 2.21. The largest absolute Gasteiger partial charge is 0.478 e. The number of halogens is 1. The van der Waals surface area contributed by atoms with Crippen molar-refractivity contribution in [2.75, 3.05) is 0 Å². The zero-order valence-electron chi connectivity index (χ0n) is 9.91. The second-order valence-corrected chi connectivity index (χ2v) is 6.13. The summed E-state index contributed by atoms with van der Waals surface area (Å²) < 4.78 is 14.1. The van der Waals surface area contributed by atoms with Crippen LogP contribution >= 0.6 is 15.9 Å². The maximum atomic E-state index is 12.1. The minimum Gasteiger partial charge on any atom is -0.478 e. The number of carbonyl (C=O) groups is 1. The summed E-state index contributed by atoms with van der Waals surface area (Å²) in [7, 11) is 0.368. The highest BCUT2D eigenvalue weighted by atomic mass is 79.9. The summed E-state index contributed by atoms with van der Waals surface area (Å²) in [5.74, 6) is -0.862. The van der Waals surface area contributed by atoms with E-state index in [0.29, 0.717) is 15.1 Å². The molecule has 0 fully saturated rings. The third kappa shape index (κ3) is 3.27. The van der Waals surface area contributed by atoms with E-state index in [1.807, 2.05) is 0 Å². The Bertz CT molecular complexity index is 656. The average molecular weight is 344 g/mol. The van der Waals surface area contributed by atoms with Crippen LogP contribution in [0, 0.1) is 0 Å². The summed E-state index contributed by atoms with van der Waals surface area (Å²) in [5, 5.41) is 16.6. The van der Waals surface area contributed by atoms with Gasteiger partial charge in [0.25, 0.3) is 0 Å². The standard InChI is InChI=1S/C11H10BrN3O3S/c1-15-5-7(13-14-15)6-19(18)8-2-3-10(12)9(4-8)11(16)17/h2-5H,6H2,1H3,(H,16,17).